The molecule has 3 aromatic rings. The van der Waals surface area contributed by atoms with E-state index in [2.05, 4.69) is 15.9 Å². The molecule has 122 valence electrons. The molecule has 1 aliphatic rings. The number of para-hydroxylation sites is 1. The van der Waals surface area contributed by atoms with Gasteiger partial charge in [-0.25, -0.2) is 4.90 Å². The van der Waals surface area contributed by atoms with Crippen LogP contribution < -0.4 is 9.64 Å². The smallest absolute Gasteiger partial charge is 0.266 e. The normalized spacial score (nSPS) is 13.1. The van der Waals surface area contributed by atoms with Gasteiger partial charge in [-0.15, -0.1) is 0 Å². The molecule has 0 atom stereocenters. The highest BCUT2D eigenvalue weighted by Crippen LogP contribution is 2.32. The largest absolute Gasteiger partial charge is 0.457 e. The fraction of sp³-hybridized carbons (Fsp3) is 0. The van der Waals surface area contributed by atoms with Gasteiger partial charge < -0.3 is 4.74 Å². The maximum Gasteiger partial charge on any atom is 0.266 e. The summed E-state index contributed by atoms with van der Waals surface area (Å²) >= 11 is 3.35. The summed E-state index contributed by atoms with van der Waals surface area (Å²) < 4.78 is 6.64. The average Bonchev–Trinajstić information content (AvgIpc) is 2.87. The molecule has 0 saturated carbocycles. The SMILES string of the molecule is O=C1c2ccc(Oc3ccccc3)cc2C(=O)N1c1ccc(Br)cc1. The van der Waals surface area contributed by atoms with E-state index in [1.807, 2.05) is 30.3 Å². The van der Waals surface area contributed by atoms with E-state index in [1.165, 1.54) is 4.90 Å². The third-order valence-electron chi connectivity index (χ3n) is 3.92. The standard InChI is InChI=1S/C20H12BrNO3/c21-13-6-8-14(9-7-13)22-19(23)17-11-10-16(12-18(17)20(22)24)25-15-4-2-1-3-5-15/h1-12H. The Kier molecular flexibility index (Phi) is 3.86. The number of nitrogens with zero attached hydrogens (tertiary/aromatic N) is 1. The monoisotopic (exact) mass is 393 g/mol. The van der Waals surface area contributed by atoms with Gasteiger partial charge in [-0.1, -0.05) is 34.1 Å². The molecule has 0 aliphatic carbocycles. The van der Waals surface area contributed by atoms with Crippen LogP contribution in [0.25, 0.3) is 0 Å². The Labute approximate surface area is 152 Å². The van der Waals surface area contributed by atoms with Crippen LogP contribution in [0.1, 0.15) is 20.7 Å². The molecule has 2 amide bonds. The summed E-state index contributed by atoms with van der Waals surface area (Å²) in [5.41, 5.74) is 1.27. The number of fused-ring (bicyclic) bond motifs is 1. The summed E-state index contributed by atoms with van der Waals surface area (Å²) in [5, 5.41) is 0. The summed E-state index contributed by atoms with van der Waals surface area (Å²) in [5.74, 6) is 0.516. The number of carbonyl (C=O) groups is 2. The maximum absolute atomic E-state index is 12.7. The van der Waals surface area contributed by atoms with Crippen LogP contribution >= 0.6 is 15.9 Å². The van der Waals surface area contributed by atoms with Crippen LogP contribution in [0.2, 0.25) is 0 Å². The van der Waals surface area contributed by atoms with E-state index in [-0.39, 0.29) is 11.8 Å². The highest BCUT2D eigenvalue weighted by Gasteiger charge is 2.36. The lowest BCUT2D eigenvalue weighted by atomic mass is 10.1. The van der Waals surface area contributed by atoms with Crippen molar-refractivity contribution in [1.29, 1.82) is 0 Å². The molecule has 0 N–H and O–H groups in total. The Bertz CT molecular complexity index is 968. The highest BCUT2D eigenvalue weighted by atomic mass is 79.9. The zero-order chi connectivity index (χ0) is 17.4. The second-order valence-corrected chi connectivity index (χ2v) is 6.46. The lowest BCUT2D eigenvalue weighted by Gasteiger charge is -2.13. The lowest BCUT2D eigenvalue weighted by Crippen LogP contribution is -2.29. The van der Waals surface area contributed by atoms with Gasteiger partial charge in [0, 0.05) is 4.47 Å². The molecule has 0 aromatic heterocycles. The first-order valence-electron chi connectivity index (χ1n) is 7.65. The van der Waals surface area contributed by atoms with Crippen LogP contribution in [0.4, 0.5) is 5.69 Å². The van der Waals surface area contributed by atoms with Crippen molar-refractivity contribution < 1.29 is 14.3 Å². The fourth-order valence-electron chi connectivity index (χ4n) is 2.73. The molecule has 25 heavy (non-hydrogen) atoms. The molecule has 4 nitrogen and oxygen atoms in total. The predicted octanol–water partition coefficient (Wildman–Crippen LogP) is 5.04. The number of hydrogen-bond acceptors (Lipinski definition) is 3. The van der Waals surface area contributed by atoms with Gasteiger partial charge in [0.2, 0.25) is 0 Å². The maximum atomic E-state index is 12.7. The van der Waals surface area contributed by atoms with Crippen LogP contribution in [-0.4, -0.2) is 11.8 Å². The van der Waals surface area contributed by atoms with Gasteiger partial charge in [0.15, 0.2) is 0 Å². The Hall–Kier alpha value is -2.92. The third kappa shape index (κ3) is 2.83. The molecule has 0 spiro atoms. The van der Waals surface area contributed by atoms with E-state index in [4.69, 9.17) is 4.74 Å². The minimum atomic E-state index is -0.346. The molecule has 0 bridgehead atoms. The fourth-order valence-corrected chi connectivity index (χ4v) is 3.00. The Morgan fingerprint density at radius 3 is 2.12 bits per heavy atom. The van der Waals surface area contributed by atoms with Crippen molar-refractivity contribution in [3.8, 4) is 11.5 Å². The van der Waals surface area contributed by atoms with Gasteiger partial charge in [0.1, 0.15) is 11.5 Å². The predicted molar refractivity (Wildman–Crippen MR) is 98.2 cm³/mol. The number of imide groups is 1. The molecule has 0 saturated heterocycles. The molecule has 0 fully saturated rings. The van der Waals surface area contributed by atoms with Crippen molar-refractivity contribution in [1.82, 2.24) is 0 Å². The van der Waals surface area contributed by atoms with E-state index in [0.29, 0.717) is 28.3 Å². The van der Waals surface area contributed by atoms with E-state index in [0.717, 1.165) is 4.47 Å². The second-order valence-electron chi connectivity index (χ2n) is 5.54. The Morgan fingerprint density at radius 1 is 0.720 bits per heavy atom. The Morgan fingerprint density at radius 2 is 1.40 bits per heavy atom. The average molecular weight is 394 g/mol. The quantitative estimate of drug-likeness (QED) is 0.585. The molecular formula is C20H12BrNO3. The number of carbonyl (C=O) groups excluding carboxylic acids is 2. The van der Waals surface area contributed by atoms with Gasteiger partial charge >= 0.3 is 0 Å². The first-order valence-corrected chi connectivity index (χ1v) is 8.44. The van der Waals surface area contributed by atoms with Crippen molar-refractivity contribution in [3.63, 3.8) is 0 Å². The van der Waals surface area contributed by atoms with Crippen LogP contribution in [0.3, 0.4) is 0 Å². The summed E-state index contributed by atoms with van der Waals surface area (Å²) in [6, 6.07) is 21.3. The number of halogens is 1. The molecule has 4 rings (SSSR count). The molecule has 5 heteroatoms. The summed E-state index contributed by atoms with van der Waals surface area (Å²) in [6.07, 6.45) is 0. The number of rotatable bonds is 3. The van der Waals surface area contributed by atoms with Gasteiger partial charge in [0.05, 0.1) is 16.8 Å². The topological polar surface area (TPSA) is 46.6 Å². The molecular weight excluding hydrogens is 382 g/mol. The van der Waals surface area contributed by atoms with Crippen molar-refractivity contribution in [2.75, 3.05) is 4.90 Å². The molecule has 3 aromatic carbocycles. The first kappa shape index (κ1) is 15.6. The summed E-state index contributed by atoms with van der Waals surface area (Å²) in [4.78, 5) is 26.5. The first-order chi connectivity index (χ1) is 12.1. The lowest BCUT2D eigenvalue weighted by molar-refractivity contribution is 0.0926. The van der Waals surface area contributed by atoms with Gasteiger partial charge in [0.25, 0.3) is 11.8 Å². The van der Waals surface area contributed by atoms with E-state index < -0.39 is 0 Å². The number of benzene rings is 3. The van der Waals surface area contributed by atoms with Crippen molar-refractivity contribution >= 4 is 33.4 Å². The molecule has 0 unspecified atom stereocenters. The number of hydrogen-bond donors (Lipinski definition) is 0. The number of anilines is 1. The van der Waals surface area contributed by atoms with Crippen molar-refractivity contribution in [2.45, 2.75) is 0 Å². The van der Waals surface area contributed by atoms with E-state index in [9.17, 15) is 9.59 Å². The van der Waals surface area contributed by atoms with Gasteiger partial charge in [-0.05, 0) is 54.6 Å². The molecule has 1 aliphatic heterocycles. The zero-order valence-corrected chi connectivity index (χ0v) is 14.6. The minimum Gasteiger partial charge on any atom is -0.457 e. The van der Waals surface area contributed by atoms with Crippen molar-refractivity contribution in [2.24, 2.45) is 0 Å². The van der Waals surface area contributed by atoms with E-state index >= 15 is 0 Å². The van der Waals surface area contributed by atoms with E-state index in [1.54, 1.807) is 42.5 Å². The zero-order valence-electron chi connectivity index (χ0n) is 13.0. The summed E-state index contributed by atoms with van der Waals surface area (Å²) in [7, 11) is 0. The number of amides is 2. The van der Waals surface area contributed by atoms with Crippen molar-refractivity contribution in [3.05, 3.63) is 88.4 Å². The second kappa shape index (κ2) is 6.18. The Balaban J connectivity index is 1.68. The van der Waals surface area contributed by atoms with Crippen LogP contribution in [0, 0.1) is 0 Å². The third-order valence-corrected chi connectivity index (χ3v) is 4.45. The van der Waals surface area contributed by atoms with Crippen LogP contribution in [0.5, 0.6) is 11.5 Å². The van der Waals surface area contributed by atoms with Crippen LogP contribution in [0.15, 0.2) is 77.3 Å². The van der Waals surface area contributed by atoms with Gasteiger partial charge in [-0.2, -0.15) is 0 Å². The van der Waals surface area contributed by atoms with Crippen LogP contribution in [-0.2, 0) is 0 Å². The van der Waals surface area contributed by atoms with Gasteiger partial charge in [-0.3, -0.25) is 9.59 Å². The molecule has 0 radical (unpaired) electrons. The molecule has 1 heterocycles. The number of ether oxygens (including phenoxy) is 1. The minimum absolute atomic E-state index is 0.325. The summed E-state index contributed by atoms with van der Waals surface area (Å²) in [6.45, 7) is 0. The highest BCUT2D eigenvalue weighted by molar-refractivity contribution is 9.10.